The molecule has 0 aliphatic carbocycles. The van der Waals surface area contributed by atoms with Crippen LogP contribution < -0.4 is 0 Å². The van der Waals surface area contributed by atoms with Gasteiger partial charge in [0.05, 0.1) is 18.1 Å². The number of halogens is 1. The van der Waals surface area contributed by atoms with E-state index in [0.717, 1.165) is 5.57 Å². The SMILES string of the molecule is O=S(=O)(Cl)c1ccccc1C1=CCOC1. The summed E-state index contributed by atoms with van der Waals surface area (Å²) in [6.07, 6.45) is 1.86. The molecule has 0 atom stereocenters. The molecule has 0 N–H and O–H groups in total. The molecular formula is C10H9ClO3S. The molecule has 80 valence electrons. The topological polar surface area (TPSA) is 43.4 Å². The molecule has 1 heterocycles. The standard InChI is InChI=1S/C10H9ClO3S/c11-15(12,13)10-4-2-1-3-9(10)8-5-6-14-7-8/h1-5H,6-7H2. The minimum atomic E-state index is -3.70. The van der Waals surface area contributed by atoms with Crippen LogP contribution in [0.1, 0.15) is 5.56 Å². The van der Waals surface area contributed by atoms with E-state index in [0.29, 0.717) is 18.8 Å². The Balaban J connectivity index is 2.56. The molecule has 3 nitrogen and oxygen atoms in total. The van der Waals surface area contributed by atoms with E-state index in [2.05, 4.69) is 0 Å². The van der Waals surface area contributed by atoms with Crippen molar-refractivity contribution < 1.29 is 13.2 Å². The Bertz CT molecular complexity index is 505. The average Bonchev–Trinajstić information content (AvgIpc) is 2.69. The second-order valence-corrected chi connectivity index (χ2v) is 5.71. The maximum Gasteiger partial charge on any atom is 0.261 e. The summed E-state index contributed by atoms with van der Waals surface area (Å²) >= 11 is 0. The van der Waals surface area contributed by atoms with Gasteiger partial charge in [-0.15, -0.1) is 0 Å². The van der Waals surface area contributed by atoms with E-state index in [-0.39, 0.29) is 4.90 Å². The zero-order valence-electron chi connectivity index (χ0n) is 7.81. The van der Waals surface area contributed by atoms with Crippen LogP contribution in [0.5, 0.6) is 0 Å². The van der Waals surface area contributed by atoms with Gasteiger partial charge < -0.3 is 4.74 Å². The van der Waals surface area contributed by atoms with Crippen molar-refractivity contribution in [1.82, 2.24) is 0 Å². The first kappa shape index (κ1) is 10.7. The van der Waals surface area contributed by atoms with Gasteiger partial charge >= 0.3 is 0 Å². The smallest absolute Gasteiger partial charge is 0.261 e. The zero-order chi connectivity index (χ0) is 10.9. The molecule has 0 saturated heterocycles. The second-order valence-electron chi connectivity index (χ2n) is 3.18. The predicted octanol–water partition coefficient (Wildman–Crippen LogP) is 2.03. The van der Waals surface area contributed by atoms with Gasteiger partial charge in [0.25, 0.3) is 9.05 Å². The highest BCUT2D eigenvalue weighted by Crippen LogP contribution is 2.27. The Morgan fingerprint density at radius 1 is 1.27 bits per heavy atom. The normalized spacial score (nSPS) is 16.5. The third kappa shape index (κ3) is 2.22. The molecule has 0 spiro atoms. The lowest BCUT2D eigenvalue weighted by Gasteiger charge is -2.06. The van der Waals surface area contributed by atoms with E-state index in [9.17, 15) is 8.42 Å². The van der Waals surface area contributed by atoms with Crippen LogP contribution in [0.25, 0.3) is 5.57 Å². The Labute approximate surface area is 92.7 Å². The molecule has 0 amide bonds. The zero-order valence-corrected chi connectivity index (χ0v) is 9.38. The van der Waals surface area contributed by atoms with Gasteiger partial charge in [-0.1, -0.05) is 24.3 Å². The summed E-state index contributed by atoms with van der Waals surface area (Å²) in [7, 11) is 1.65. The number of rotatable bonds is 2. The lowest BCUT2D eigenvalue weighted by molar-refractivity contribution is 0.216. The Morgan fingerprint density at radius 3 is 2.60 bits per heavy atom. The summed E-state index contributed by atoms with van der Waals surface area (Å²) < 4.78 is 27.8. The van der Waals surface area contributed by atoms with Crippen molar-refractivity contribution in [3.8, 4) is 0 Å². The minimum absolute atomic E-state index is 0.142. The monoisotopic (exact) mass is 244 g/mol. The van der Waals surface area contributed by atoms with Crippen molar-refractivity contribution in [3.05, 3.63) is 35.9 Å². The highest BCUT2D eigenvalue weighted by molar-refractivity contribution is 8.13. The highest BCUT2D eigenvalue weighted by atomic mass is 35.7. The first-order valence-electron chi connectivity index (χ1n) is 4.40. The number of ether oxygens (including phenoxy) is 1. The molecule has 0 saturated carbocycles. The van der Waals surface area contributed by atoms with E-state index in [1.165, 1.54) is 6.07 Å². The van der Waals surface area contributed by atoms with Crippen LogP contribution in [0.4, 0.5) is 0 Å². The van der Waals surface area contributed by atoms with Crippen LogP contribution >= 0.6 is 10.7 Å². The summed E-state index contributed by atoms with van der Waals surface area (Å²) in [5.41, 5.74) is 1.50. The molecule has 15 heavy (non-hydrogen) atoms. The van der Waals surface area contributed by atoms with E-state index in [4.69, 9.17) is 15.4 Å². The Morgan fingerprint density at radius 2 is 2.00 bits per heavy atom. The van der Waals surface area contributed by atoms with Crippen LogP contribution in [0, 0.1) is 0 Å². The second kappa shape index (κ2) is 3.96. The molecule has 0 unspecified atom stereocenters. The van der Waals surface area contributed by atoms with Crippen LogP contribution in [0.2, 0.25) is 0 Å². The molecule has 1 aliphatic rings. The quantitative estimate of drug-likeness (QED) is 0.748. The van der Waals surface area contributed by atoms with Gasteiger partial charge in [0, 0.05) is 10.7 Å². The van der Waals surface area contributed by atoms with E-state index in [1.54, 1.807) is 18.2 Å². The average molecular weight is 245 g/mol. The van der Waals surface area contributed by atoms with Crippen molar-refractivity contribution in [2.24, 2.45) is 0 Å². The molecule has 2 rings (SSSR count). The highest BCUT2D eigenvalue weighted by Gasteiger charge is 2.18. The Kier molecular flexibility index (Phi) is 2.82. The minimum Gasteiger partial charge on any atom is -0.373 e. The molecule has 0 aromatic heterocycles. The fourth-order valence-corrected chi connectivity index (χ4v) is 2.63. The van der Waals surface area contributed by atoms with Crippen molar-refractivity contribution in [2.45, 2.75) is 4.90 Å². The van der Waals surface area contributed by atoms with Crippen LogP contribution in [0.15, 0.2) is 35.2 Å². The van der Waals surface area contributed by atoms with E-state index >= 15 is 0 Å². The fourth-order valence-electron chi connectivity index (χ4n) is 1.52. The van der Waals surface area contributed by atoms with Gasteiger partial charge in [0.1, 0.15) is 0 Å². The number of hydrogen-bond donors (Lipinski definition) is 0. The van der Waals surface area contributed by atoms with Gasteiger partial charge in [0.15, 0.2) is 0 Å². The maximum atomic E-state index is 11.3. The molecule has 0 bridgehead atoms. The third-order valence-electron chi connectivity index (χ3n) is 2.20. The number of benzene rings is 1. The molecular weight excluding hydrogens is 236 g/mol. The van der Waals surface area contributed by atoms with Gasteiger partial charge in [-0.3, -0.25) is 0 Å². The number of hydrogen-bond acceptors (Lipinski definition) is 3. The molecule has 0 fully saturated rings. The summed E-state index contributed by atoms with van der Waals surface area (Å²) in [6, 6.07) is 6.65. The summed E-state index contributed by atoms with van der Waals surface area (Å²) in [5, 5.41) is 0. The van der Waals surface area contributed by atoms with Gasteiger partial charge in [-0.2, -0.15) is 0 Å². The lowest BCUT2D eigenvalue weighted by atomic mass is 10.1. The Hall–Kier alpha value is -0.840. The molecule has 5 heteroatoms. The van der Waals surface area contributed by atoms with E-state index < -0.39 is 9.05 Å². The largest absolute Gasteiger partial charge is 0.373 e. The molecule has 1 aromatic rings. The van der Waals surface area contributed by atoms with Gasteiger partial charge in [0.2, 0.25) is 0 Å². The van der Waals surface area contributed by atoms with Crippen molar-refractivity contribution in [1.29, 1.82) is 0 Å². The first-order valence-corrected chi connectivity index (χ1v) is 6.71. The molecule has 1 aliphatic heterocycles. The van der Waals surface area contributed by atoms with E-state index in [1.807, 2.05) is 6.08 Å². The van der Waals surface area contributed by atoms with Crippen molar-refractivity contribution >= 4 is 25.3 Å². The maximum absolute atomic E-state index is 11.3. The summed E-state index contributed by atoms with van der Waals surface area (Å²) in [6.45, 7) is 0.954. The lowest BCUT2D eigenvalue weighted by Crippen LogP contribution is -1.98. The van der Waals surface area contributed by atoms with Gasteiger partial charge in [-0.25, -0.2) is 8.42 Å². The predicted molar refractivity (Wildman–Crippen MR) is 58.3 cm³/mol. The summed E-state index contributed by atoms with van der Waals surface area (Å²) in [4.78, 5) is 0.142. The van der Waals surface area contributed by atoms with Crippen LogP contribution in [-0.4, -0.2) is 21.6 Å². The molecule has 0 radical (unpaired) electrons. The van der Waals surface area contributed by atoms with Gasteiger partial charge in [-0.05, 0) is 17.2 Å². The molecule has 1 aromatic carbocycles. The first-order chi connectivity index (χ1) is 7.09. The summed E-state index contributed by atoms with van der Waals surface area (Å²) in [5.74, 6) is 0. The fraction of sp³-hybridized carbons (Fsp3) is 0.200. The van der Waals surface area contributed by atoms with Crippen LogP contribution in [0.3, 0.4) is 0 Å². The third-order valence-corrected chi connectivity index (χ3v) is 3.58. The van der Waals surface area contributed by atoms with Crippen molar-refractivity contribution in [2.75, 3.05) is 13.2 Å². The van der Waals surface area contributed by atoms with Crippen molar-refractivity contribution in [3.63, 3.8) is 0 Å². The van der Waals surface area contributed by atoms with Crippen LogP contribution in [-0.2, 0) is 13.8 Å².